The average Bonchev–Trinajstić information content (AvgIpc) is 2.90. The number of nitrogens with one attached hydrogen (secondary N) is 1. The third kappa shape index (κ3) is 5.15. The number of benzene rings is 1. The zero-order valence-corrected chi connectivity index (χ0v) is 17.6. The first-order valence-electron chi connectivity index (χ1n) is 9.71. The highest BCUT2D eigenvalue weighted by atomic mass is 35.5. The van der Waals surface area contributed by atoms with Crippen LogP contribution in [0, 0.1) is 17.0 Å². The van der Waals surface area contributed by atoms with E-state index in [1.165, 1.54) is 25.0 Å². The van der Waals surface area contributed by atoms with Crippen molar-refractivity contribution in [3.8, 4) is 0 Å². The fourth-order valence-electron chi connectivity index (χ4n) is 4.92. The van der Waals surface area contributed by atoms with E-state index in [0.29, 0.717) is 31.1 Å². The van der Waals surface area contributed by atoms with E-state index in [1.807, 2.05) is 0 Å². The molecule has 3 heterocycles. The third-order valence-corrected chi connectivity index (χ3v) is 6.38. The van der Waals surface area contributed by atoms with Crippen LogP contribution in [0.4, 0.5) is 8.78 Å². The molecular formula is C20H29Cl2F2N3O. The molecule has 4 rings (SSSR count). The fourth-order valence-corrected chi connectivity index (χ4v) is 4.92. The van der Waals surface area contributed by atoms with E-state index < -0.39 is 11.6 Å². The van der Waals surface area contributed by atoms with Gasteiger partial charge in [-0.3, -0.25) is 4.79 Å². The molecule has 3 aliphatic rings. The second-order valence-corrected chi connectivity index (χ2v) is 8.22. The molecule has 0 unspecified atom stereocenters. The number of hydrogen-bond acceptors (Lipinski definition) is 3. The molecule has 0 aliphatic carbocycles. The Morgan fingerprint density at radius 2 is 1.64 bits per heavy atom. The molecule has 158 valence electrons. The molecule has 1 spiro atoms. The van der Waals surface area contributed by atoms with E-state index in [9.17, 15) is 13.6 Å². The zero-order chi connectivity index (χ0) is 18.1. The molecule has 1 N–H and O–H groups in total. The van der Waals surface area contributed by atoms with Crippen LogP contribution in [-0.4, -0.2) is 54.5 Å². The van der Waals surface area contributed by atoms with Gasteiger partial charge in [0.15, 0.2) is 0 Å². The minimum atomic E-state index is -0.586. The van der Waals surface area contributed by atoms with E-state index in [2.05, 4.69) is 10.2 Å². The Bertz CT molecular complexity index is 657. The summed E-state index contributed by atoms with van der Waals surface area (Å²) in [5, 5.41) is 3.41. The van der Waals surface area contributed by atoms with Crippen molar-refractivity contribution >= 4 is 30.7 Å². The standard InChI is InChI=1S/C20H27F2N3O.2ClH/c21-16-9-15(10-17(22)11-16)13-25-14-20(12-19(25)26)3-7-24(8-4-20)18-1-5-23-6-2-18;;/h9-11,18,23H,1-8,12-14H2;2*1H. The normalized spacial score (nSPS) is 22.8. The van der Waals surface area contributed by atoms with Gasteiger partial charge in [0.1, 0.15) is 11.6 Å². The molecule has 0 radical (unpaired) electrons. The maximum absolute atomic E-state index is 13.4. The van der Waals surface area contributed by atoms with Crippen LogP contribution in [0.5, 0.6) is 0 Å². The molecule has 3 saturated heterocycles. The second kappa shape index (κ2) is 9.70. The first kappa shape index (κ1) is 23.3. The number of rotatable bonds is 3. The molecule has 1 aromatic rings. The highest BCUT2D eigenvalue weighted by Gasteiger charge is 2.45. The van der Waals surface area contributed by atoms with Crippen molar-refractivity contribution in [1.29, 1.82) is 0 Å². The van der Waals surface area contributed by atoms with E-state index >= 15 is 0 Å². The van der Waals surface area contributed by atoms with Gasteiger partial charge in [0.25, 0.3) is 0 Å². The summed E-state index contributed by atoms with van der Waals surface area (Å²) in [5.74, 6) is -1.06. The molecule has 1 amide bonds. The maximum atomic E-state index is 13.4. The van der Waals surface area contributed by atoms with Gasteiger partial charge in [-0.15, -0.1) is 24.8 Å². The number of halogens is 4. The van der Waals surface area contributed by atoms with Crippen molar-refractivity contribution in [1.82, 2.24) is 15.1 Å². The molecule has 0 bridgehead atoms. The summed E-state index contributed by atoms with van der Waals surface area (Å²) < 4.78 is 26.8. The SMILES string of the molecule is Cl.Cl.O=C1CC2(CCN(C3CCNCC3)CC2)CN1Cc1cc(F)cc(F)c1. The highest BCUT2D eigenvalue weighted by Crippen LogP contribution is 2.42. The van der Waals surface area contributed by atoms with Crippen LogP contribution in [0.15, 0.2) is 18.2 Å². The van der Waals surface area contributed by atoms with Crippen LogP contribution in [0.25, 0.3) is 0 Å². The second-order valence-electron chi connectivity index (χ2n) is 8.22. The summed E-state index contributed by atoms with van der Waals surface area (Å²) in [6.07, 6.45) is 5.07. The van der Waals surface area contributed by atoms with Crippen LogP contribution in [-0.2, 0) is 11.3 Å². The molecular weight excluding hydrogens is 407 g/mol. The van der Waals surface area contributed by atoms with Gasteiger partial charge in [0, 0.05) is 31.6 Å². The largest absolute Gasteiger partial charge is 0.338 e. The molecule has 0 saturated carbocycles. The summed E-state index contributed by atoms with van der Waals surface area (Å²) in [6.45, 7) is 5.32. The van der Waals surface area contributed by atoms with Crippen LogP contribution in [0.3, 0.4) is 0 Å². The van der Waals surface area contributed by atoms with E-state index in [0.717, 1.165) is 45.1 Å². The van der Waals surface area contributed by atoms with Gasteiger partial charge >= 0.3 is 0 Å². The summed E-state index contributed by atoms with van der Waals surface area (Å²) in [4.78, 5) is 16.9. The Hall–Kier alpha value is -0.950. The van der Waals surface area contributed by atoms with Crippen molar-refractivity contribution in [2.45, 2.75) is 44.7 Å². The number of carbonyl (C=O) groups excluding carboxylic acids is 1. The lowest BCUT2D eigenvalue weighted by Gasteiger charge is -2.43. The molecule has 0 aromatic heterocycles. The first-order chi connectivity index (χ1) is 12.5. The summed E-state index contributed by atoms with van der Waals surface area (Å²) in [5.41, 5.74) is 0.576. The van der Waals surface area contributed by atoms with Gasteiger partial charge in [-0.2, -0.15) is 0 Å². The molecule has 1 aromatic carbocycles. The highest BCUT2D eigenvalue weighted by molar-refractivity contribution is 5.85. The van der Waals surface area contributed by atoms with Gasteiger partial charge in [-0.05, 0) is 75.0 Å². The molecule has 3 aliphatic heterocycles. The third-order valence-electron chi connectivity index (χ3n) is 6.38. The van der Waals surface area contributed by atoms with Crippen LogP contribution >= 0.6 is 24.8 Å². The first-order valence-corrected chi connectivity index (χ1v) is 9.71. The van der Waals surface area contributed by atoms with Crippen molar-refractivity contribution < 1.29 is 13.6 Å². The average molecular weight is 436 g/mol. The van der Waals surface area contributed by atoms with Gasteiger partial charge in [0.2, 0.25) is 5.91 Å². The minimum Gasteiger partial charge on any atom is -0.338 e. The lowest BCUT2D eigenvalue weighted by atomic mass is 9.77. The van der Waals surface area contributed by atoms with Crippen molar-refractivity contribution in [2.75, 3.05) is 32.7 Å². The lowest BCUT2D eigenvalue weighted by Crippen LogP contribution is -2.49. The Labute approximate surface area is 177 Å². The number of carbonyl (C=O) groups is 1. The van der Waals surface area contributed by atoms with E-state index in [1.54, 1.807) is 4.90 Å². The fraction of sp³-hybridized carbons (Fsp3) is 0.650. The van der Waals surface area contributed by atoms with Gasteiger partial charge < -0.3 is 15.1 Å². The van der Waals surface area contributed by atoms with Gasteiger partial charge in [0.05, 0.1) is 0 Å². The monoisotopic (exact) mass is 435 g/mol. The summed E-state index contributed by atoms with van der Waals surface area (Å²) in [7, 11) is 0. The zero-order valence-electron chi connectivity index (χ0n) is 16.0. The van der Waals surface area contributed by atoms with Crippen molar-refractivity contribution in [3.63, 3.8) is 0 Å². The van der Waals surface area contributed by atoms with Gasteiger partial charge in [-0.25, -0.2) is 8.78 Å². The van der Waals surface area contributed by atoms with E-state index in [-0.39, 0.29) is 36.1 Å². The summed E-state index contributed by atoms with van der Waals surface area (Å²) in [6, 6.07) is 4.19. The molecule has 0 atom stereocenters. The number of hydrogen-bond donors (Lipinski definition) is 1. The number of likely N-dealkylation sites (tertiary alicyclic amines) is 2. The minimum absolute atomic E-state index is 0. The number of nitrogens with zero attached hydrogens (tertiary/aromatic N) is 2. The summed E-state index contributed by atoms with van der Waals surface area (Å²) >= 11 is 0. The lowest BCUT2D eigenvalue weighted by molar-refractivity contribution is -0.128. The van der Waals surface area contributed by atoms with E-state index in [4.69, 9.17) is 0 Å². The Morgan fingerprint density at radius 1 is 1.04 bits per heavy atom. The van der Waals surface area contributed by atoms with Crippen LogP contribution in [0.1, 0.15) is 37.7 Å². The van der Waals surface area contributed by atoms with Crippen LogP contribution < -0.4 is 5.32 Å². The molecule has 3 fully saturated rings. The quantitative estimate of drug-likeness (QED) is 0.790. The Morgan fingerprint density at radius 3 is 2.25 bits per heavy atom. The molecule has 4 nitrogen and oxygen atoms in total. The number of amides is 1. The predicted octanol–water partition coefficient (Wildman–Crippen LogP) is 3.37. The Balaban J connectivity index is 0.00000140. The predicted molar refractivity (Wildman–Crippen MR) is 110 cm³/mol. The van der Waals surface area contributed by atoms with Gasteiger partial charge in [-0.1, -0.05) is 0 Å². The van der Waals surface area contributed by atoms with Crippen molar-refractivity contribution in [3.05, 3.63) is 35.4 Å². The van der Waals surface area contributed by atoms with Crippen LogP contribution in [0.2, 0.25) is 0 Å². The number of piperidine rings is 2. The smallest absolute Gasteiger partial charge is 0.223 e. The Kier molecular flexibility index (Phi) is 8.08. The topological polar surface area (TPSA) is 35.6 Å². The van der Waals surface area contributed by atoms with Crippen molar-refractivity contribution in [2.24, 2.45) is 5.41 Å². The molecule has 8 heteroatoms. The maximum Gasteiger partial charge on any atom is 0.223 e. The molecule has 28 heavy (non-hydrogen) atoms.